The molecule has 0 fully saturated rings. The zero-order chi connectivity index (χ0) is 17.5. The number of fused-ring (bicyclic) bond motifs is 1. The number of ether oxygens (including phenoxy) is 1. The van der Waals surface area contributed by atoms with E-state index < -0.39 is 5.60 Å². The van der Waals surface area contributed by atoms with Gasteiger partial charge in [-0.1, -0.05) is 23.2 Å². The van der Waals surface area contributed by atoms with Gasteiger partial charge in [0.15, 0.2) is 11.4 Å². The van der Waals surface area contributed by atoms with E-state index in [0.717, 1.165) is 0 Å². The number of ketones is 1. The van der Waals surface area contributed by atoms with Crippen LogP contribution < -0.4 is 9.64 Å². The summed E-state index contributed by atoms with van der Waals surface area (Å²) in [5, 5.41) is 1.01. The zero-order valence-electron chi connectivity index (χ0n) is 13.2. The van der Waals surface area contributed by atoms with E-state index in [1.54, 1.807) is 56.3 Å². The average Bonchev–Trinajstić information content (AvgIpc) is 2.53. The van der Waals surface area contributed by atoms with Crippen LogP contribution in [0.2, 0.25) is 10.0 Å². The van der Waals surface area contributed by atoms with Gasteiger partial charge in [-0.3, -0.25) is 14.5 Å². The Morgan fingerprint density at radius 3 is 2.38 bits per heavy atom. The number of nitrogens with zero attached hydrogens (tertiary/aromatic N) is 1. The second kappa shape index (κ2) is 6.11. The Balaban J connectivity index is 1.96. The van der Waals surface area contributed by atoms with Gasteiger partial charge in [-0.2, -0.15) is 0 Å². The Labute approximate surface area is 149 Å². The second-order valence-electron chi connectivity index (χ2n) is 6.05. The first-order valence-electron chi connectivity index (χ1n) is 7.37. The van der Waals surface area contributed by atoms with E-state index in [2.05, 4.69) is 0 Å². The topological polar surface area (TPSA) is 46.6 Å². The zero-order valence-corrected chi connectivity index (χ0v) is 14.7. The number of carbonyl (C=O) groups excluding carboxylic acids is 2. The van der Waals surface area contributed by atoms with Crippen molar-refractivity contribution in [2.75, 3.05) is 11.4 Å². The summed E-state index contributed by atoms with van der Waals surface area (Å²) in [5.41, 5.74) is -0.0737. The van der Waals surface area contributed by atoms with Crippen LogP contribution in [0.5, 0.6) is 5.75 Å². The first-order chi connectivity index (χ1) is 11.3. The smallest absolute Gasteiger partial charge is 0.271 e. The predicted octanol–water partition coefficient (Wildman–Crippen LogP) is 4.38. The lowest BCUT2D eigenvalue weighted by Gasteiger charge is -2.38. The van der Waals surface area contributed by atoms with Crippen LogP contribution in [0.4, 0.5) is 5.69 Å². The van der Waals surface area contributed by atoms with Crippen molar-refractivity contribution in [2.45, 2.75) is 19.4 Å². The highest BCUT2D eigenvalue weighted by Gasteiger charge is 2.41. The lowest BCUT2D eigenvalue weighted by molar-refractivity contribution is -0.132. The first kappa shape index (κ1) is 16.8. The van der Waals surface area contributed by atoms with Gasteiger partial charge >= 0.3 is 0 Å². The summed E-state index contributed by atoms with van der Waals surface area (Å²) in [6.07, 6.45) is 0. The van der Waals surface area contributed by atoms with Crippen LogP contribution in [0.15, 0.2) is 42.5 Å². The van der Waals surface area contributed by atoms with E-state index in [1.807, 2.05) is 0 Å². The molecule has 0 radical (unpaired) electrons. The fourth-order valence-electron chi connectivity index (χ4n) is 2.57. The fraction of sp³-hybridized carbons (Fsp3) is 0.222. The van der Waals surface area contributed by atoms with Crippen molar-refractivity contribution in [1.29, 1.82) is 0 Å². The molecule has 1 aliphatic rings. The van der Waals surface area contributed by atoms with Gasteiger partial charge in [-0.25, -0.2) is 0 Å². The van der Waals surface area contributed by atoms with Crippen LogP contribution in [0.25, 0.3) is 0 Å². The normalized spacial score (nSPS) is 15.7. The molecule has 2 aromatic rings. The minimum atomic E-state index is -1.05. The molecule has 4 nitrogen and oxygen atoms in total. The van der Waals surface area contributed by atoms with Gasteiger partial charge in [-0.15, -0.1) is 0 Å². The molecule has 0 saturated heterocycles. The van der Waals surface area contributed by atoms with Crippen molar-refractivity contribution >= 4 is 40.6 Å². The summed E-state index contributed by atoms with van der Waals surface area (Å²) in [5.74, 6) is 0.0381. The quantitative estimate of drug-likeness (QED) is 0.760. The summed E-state index contributed by atoms with van der Waals surface area (Å²) < 4.78 is 5.74. The van der Waals surface area contributed by atoms with Crippen LogP contribution in [0.1, 0.15) is 24.2 Å². The van der Waals surface area contributed by atoms with Gasteiger partial charge < -0.3 is 4.74 Å². The lowest BCUT2D eigenvalue weighted by Crippen LogP contribution is -2.53. The average molecular weight is 364 g/mol. The van der Waals surface area contributed by atoms with Gasteiger partial charge in [0.2, 0.25) is 0 Å². The number of benzene rings is 2. The number of amides is 1. The maximum absolute atomic E-state index is 12.7. The third kappa shape index (κ3) is 3.12. The summed E-state index contributed by atoms with van der Waals surface area (Å²) in [6.45, 7) is 3.25. The van der Waals surface area contributed by atoms with Crippen LogP contribution in [0.3, 0.4) is 0 Å². The molecule has 2 aromatic carbocycles. The van der Waals surface area contributed by atoms with Crippen LogP contribution in [-0.2, 0) is 4.79 Å². The standard InChI is InChI=1S/C18H15Cl2NO3/c1-18(2)17(23)21(14-9-13(20)7-8-16(14)24-18)10-15(22)11-3-5-12(19)6-4-11/h3-9H,10H2,1-2H3. The predicted molar refractivity (Wildman–Crippen MR) is 94.3 cm³/mol. The molecule has 124 valence electrons. The maximum Gasteiger partial charge on any atom is 0.271 e. The molecule has 6 heteroatoms. The van der Waals surface area contributed by atoms with Crippen LogP contribution in [-0.4, -0.2) is 23.8 Å². The molecule has 0 atom stereocenters. The highest BCUT2D eigenvalue weighted by Crippen LogP contribution is 2.39. The van der Waals surface area contributed by atoms with Crippen molar-refractivity contribution in [2.24, 2.45) is 0 Å². The van der Waals surface area contributed by atoms with Crippen molar-refractivity contribution in [3.05, 3.63) is 58.1 Å². The Morgan fingerprint density at radius 2 is 1.71 bits per heavy atom. The minimum absolute atomic E-state index is 0.0966. The van der Waals surface area contributed by atoms with E-state index in [0.29, 0.717) is 27.0 Å². The number of hydrogen-bond donors (Lipinski definition) is 0. The largest absolute Gasteiger partial charge is 0.476 e. The number of hydrogen-bond acceptors (Lipinski definition) is 3. The molecule has 3 rings (SSSR count). The fourth-order valence-corrected chi connectivity index (χ4v) is 2.86. The number of Topliss-reactive ketones (excluding diaryl/α,β-unsaturated/α-hetero) is 1. The molecule has 1 aliphatic heterocycles. The van der Waals surface area contributed by atoms with Crippen LogP contribution in [0, 0.1) is 0 Å². The number of anilines is 1. The van der Waals surface area contributed by atoms with Crippen molar-refractivity contribution in [3.8, 4) is 5.75 Å². The molecule has 0 aliphatic carbocycles. The highest BCUT2D eigenvalue weighted by atomic mass is 35.5. The molecule has 0 aromatic heterocycles. The third-order valence-electron chi connectivity index (χ3n) is 3.81. The molecular formula is C18H15Cl2NO3. The summed E-state index contributed by atoms with van der Waals surface area (Å²) in [6, 6.07) is 11.6. The van der Waals surface area contributed by atoms with Gasteiger partial charge in [0.25, 0.3) is 5.91 Å². The molecular weight excluding hydrogens is 349 g/mol. The van der Waals surface area contributed by atoms with E-state index >= 15 is 0 Å². The number of rotatable bonds is 3. The molecule has 0 unspecified atom stereocenters. The molecule has 0 spiro atoms. The molecule has 1 heterocycles. The highest BCUT2D eigenvalue weighted by molar-refractivity contribution is 6.31. The molecule has 1 amide bonds. The Hall–Kier alpha value is -2.04. The Bertz CT molecular complexity index is 816. The Morgan fingerprint density at radius 1 is 1.08 bits per heavy atom. The monoisotopic (exact) mass is 363 g/mol. The summed E-state index contributed by atoms with van der Waals surface area (Å²) >= 11 is 11.9. The lowest BCUT2D eigenvalue weighted by atomic mass is 10.0. The molecule has 0 saturated carbocycles. The summed E-state index contributed by atoms with van der Waals surface area (Å²) in [4.78, 5) is 26.7. The van der Waals surface area contributed by atoms with Gasteiger partial charge in [0.1, 0.15) is 5.75 Å². The van der Waals surface area contributed by atoms with E-state index in [9.17, 15) is 9.59 Å². The van der Waals surface area contributed by atoms with Gasteiger partial charge in [0.05, 0.1) is 12.2 Å². The van der Waals surface area contributed by atoms with Crippen molar-refractivity contribution < 1.29 is 14.3 Å². The Kier molecular flexibility index (Phi) is 4.28. The number of halogens is 2. The van der Waals surface area contributed by atoms with Crippen molar-refractivity contribution in [3.63, 3.8) is 0 Å². The SMILES string of the molecule is CC1(C)Oc2ccc(Cl)cc2N(CC(=O)c2ccc(Cl)cc2)C1=O. The van der Waals surface area contributed by atoms with E-state index in [-0.39, 0.29) is 18.2 Å². The maximum atomic E-state index is 12.7. The minimum Gasteiger partial charge on any atom is -0.476 e. The summed E-state index contributed by atoms with van der Waals surface area (Å²) in [7, 11) is 0. The second-order valence-corrected chi connectivity index (χ2v) is 6.92. The van der Waals surface area contributed by atoms with Crippen molar-refractivity contribution in [1.82, 2.24) is 0 Å². The van der Waals surface area contributed by atoms with E-state index in [4.69, 9.17) is 27.9 Å². The first-order valence-corrected chi connectivity index (χ1v) is 8.13. The molecule has 0 N–H and O–H groups in total. The van der Waals surface area contributed by atoms with Gasteiger partial charge in [-0.05, 0) is 56.3 Å². The van der Waals surface area contributed by atoms with Crippen LogP contribution >= 0.6 is 23.2 Å². The molecule has 0 bridgehead atoms. The third-order valence-corrected chi connectivity index (χ3v) is 4.29. The molecule has 24 heavy (non-hydrogen) atoms. The number of carbonyl (C=O) groups is 2. The van der Waals surface area contributed by atoms with Gasteiger partial charge in [0, 0.05) is 15.6 Å². The van der Waals surface area contributed by atoms with E-state index in [1.165, 1.54) is 4.90 Å².